The highest BCUT2D eigenvalue weighted by Gasteiger charge is 2.15. The summed E-state index contributed by atoms with van der Waals surface area (Å²) in [4.78, 5) is 34.1. The molecule has 5 rings (SSSR count). The highest BCUT2D eigenvalue weighted by molar-refractivity contribution is 6.35. The fraction of sp³-hybridized carbons (Fsp3) is 0.154. The van der Waals surface area contributed by atoms with E-state index in [-0.39, 0.29) is 24.2 Å². The van der Waals surface area contributed by atoms with Gasteiger partial charge in [0.05, 0.1) is 23.1 Å². The number of nitrogens with zero attached hydrogens (tertiary/aromatic N) is 2. The molecule has 0 radical (unpaired) electrons. The number of aliphatic imine (C=N–C) groups is 2. The highest BCUT2D eigenvalue weighted by Crippen LogP contribution is 2.24. The molecule has 0 saturated heterocycles. The first-order chi connectivity index (χ1) is 17.5. The van der Waals surface area contributed by atoms with Gasteiger partial charge in [-0.2, -0.15) is 0 Å². The van der Waals surface area contributed by atoms with Gasteiger partial charge in [0, 0.05) is 46.7 Å². The molecule has 0 unspecified atom stereocenters. The Bertz CT molecular complexity index is 1300. The molecule has 3 aromatic rings. The minimum atomic E-state index is -0.312. The van der Waals surface area contributed by atoms with Gasteiger partial charge in [-0.1, -0.05) is 23.2 Å². The standard InChI is InChI=1S/C26H22Cl2N6O2.ClH/c27-21-13-17(5-7-19(21)23-29-9-10-30-23)33-25(35)15-1-2-16(4-3-15)26(36)34-18-6-8-20(22(28)14-18)24-31-11-12-32-24;/h1-8,13-14H,9-12H2,(H,29,30)(H,31,32)(H,33,35)(H,34,36);1H. The zero-order valence-electron chi connectivity index (χ0n) is 19.5. The first-order valence-electron chi connectivity index (χ1n) is 11.4. The summed E-state index contributed by atoms with van der Waals surface area (Å²) < 4.78 is 0. The summed E-state index contributed by atoms with van der Waals surface area (Å²) in [6, 6.07) is 16.9. The van der Waals surface area contributed by atoms with E-state index in [1.165, 1.54) is 0 Å². The normalized spacial score (nSPS) is 14.0. The number of carbonyl (C=O) groups excluding carboxylic acids is 2. The van der Waals surface area contributed by atoms with Crippen molar-refractivity contribution in [3.8, 4) is 0 Å². The number of hydrogen-bond acceptors (Lipinski definition) is 6. The van der Waals surface area contributed by atoms with Crippen LogP contribution in [0, 0.1) is 0 Å². The number of nitrogens with one attached hydrogen (secondary N) is 4. The molecule has 3 aromatic carbocycles. The molecule has 2 amide bonds. The summed E-state index contributed by atoms with van der Waals surface area (Å²) in [7, 11) is 0. The topological polar surface area (TPSA) is 107 Å². The Balaban J connectivity index is 0.00000320. The van der Waals surface area contributed by atoms with Gasteiger partial charge in [0.1, 0.15) is 11.7 Å². The Morgan fingerprint density at radius 3 is 1.41 bits per heavy atom. The Morgan fingerprint density at radius 2 is 1.08 bits per heavy atom. The Labute approximate surface area is 230 Å². The highest BCUT2D eigenvalue weighted by atomic mass is 35.5. The zero-order chi connectivity index (χ0) is 25.1. The molecule has 2 aliphatic heterocycles. The lowest BCUT2D eigenvalue weighted by Gasteiger charge is -2.11. The molecule has 0 atom stereocenters. The number of amides is 2. The minimum absolute atomic E-state index is 0. The second-order valence-corrected chi connectivity index (χ2v) is 9.00. The van der Waals surface area contributed by atoms with Crippen LogP contribution in [-0.4, -0.2) is 49.7 Å². The van der Waals surface area contributed by atoms with Gasteiger partial charge in [-0.3, -0.25) is 19.6 Å². The minimum Gasteiger partial charge on any atom is -0.368 e. The molecule has 4 N–H and O–H groups in total. The van der Waals surface area contributed by atoms with Crippen molar-refractivity contribution >= 4 is 70.5 Å². The molecule has 2 aliphatic rings. The van der Waals surface area contributed by atoms with Crippen molar-refractivity contribution in [1.29, 1.82) is 0 Å². The second kappa shape index (κ2) is 11.6. The van der Waals surface area contributed by atoms with Crippen molar-refractivity contribution in [3.05, 3.63) is 93.0 Å². The van der Waals surface area contributed by atoms with Crippen molar-refractivity contribution in [1.82, 2.24) is 10.6 Å². The van der Waals surface area contributed by atoms with Crippen LogP contribution < -0.4 is 21.3 Å². The number of hydrogen-bond donors (Lipinski definition) is 4. The third-order valence-corrected chi connectivity index (χ3v) is 6.35. The molecular weight excluding hydrogens is 535 g/mol. The van der Waals surface area contributed by atoms with Crippen molar-refractivity contribution in [2.24, 2.45) is 9.98 Å². The molecule has 190 valence electrons. The van der Waals surface area contributed by atoms with E-state index in [4.69, 9.17) is 23.2 Å². The van der Waals surface area contributed by atoms with Crippen LogP contribution in [0.3, 0.4) is 0 Å². The monoisotopic (exact) mass is 556 g/mol. The predicted octanol–water partition coefficient (Wildman–Crippen LogP) is 4.62. The molecule has 0 aliphatic carbocycles. The molecule has 2 heterocycles. The second-order valence-electron chi connectivity index (χ2n) is 8.19. The predicted molar refractivity (Wildman–Crippen MR) is 151 cm³/mol. The van der Waals surface area contributed by atoms with Crippen LogP contribution in [0.4, 0.5) is 11.4 Å². The smallest absolute Gasteiger partial charge is 0.255 e. The number of halogens is 3. The van der Waals surface area contributed by atoms with E-state index in [2.05, 4.69) is 31.3 Å². The van der Waals surface area contributed by atoms with Gasteiger partial charge >= 0.3 is 0 Å². The van der Waals surface area contributed by atoms with E-state index < -0.39 is 0 Å². The lowest BCUT2D eigenvalue weighted by atomic mass is 10.1. The van der Waals surface area contributed by atoms with Crippen LogP contribution in [0.25, 0.3) is 0 Å². The van der Waals surface area contributed by atoms with Gasteiger partial charge in [-0.25, -0.2) is 0 Å². The first kappa shape index (κ1) is 26.5. The van der Waals surface area contributed by atoms with Gasteiger partial charge in [0.2, 0.25) is 0 Å². The Hall–Kier alpha value is -3.59. The van der Waals surface area contributed by atoms with Crippen LogP contribution >= 0.6 is 35.6 Å². The molecule has 11 heteroatoms. The molecule has 0 bridgehead atoms. The van der Waals surface area contributed by atoms with E-state index in [0.717, 1.165) is 35.9 Å². The average Bonchev–Trinajstić information content (AvgIpc) is 3.59. The lowest BCUT2D eigenvalue weighted by molar-refractivity contribution is 0.101. The summed E-state index contributed by atoms with van der Waals surface area (Å²) in [6.45, 7) is 3.00. The Morgan fingerprint density at radius 1 is 0.676 bits per heavy atom. The zero-order valence-corrected chi connectivity index (χ0v) is 21.8. The van der Waals surface area contributed by atoms with E-state index >= 15 is 0 Å². The summed E-state index contributed by atoms with van der Waals surface area (Å²) in [5, 5.41) is 13.0. The number of amidine groups is 2. The maximum atomic E-state index is 12.7. The van der Waals surface area contributed by atoms with Crippen LogP contribution in [0.5, 0.6) is 0 Å². The van der Waals surface area contributed by atoms with Gasteiger partial charge < -0.3 is 21.3 Å². The molecule has 0 fully saturated rings. The number of carbonyl (C=O) groups is 2. The molecule has 0 saturated carbocycles. The van der Waals surface area contributed by atoms with Crippen molar-refractivity contribution in [3.63, 3.8) is 0 Å². The van der Waals surface area contributed by atoms with E-state index in [1.54, 1.807) is 48.5 Å². The molecule has 0 aromatic heterocycles. The molecule has 8 nitrogen and oxygen atoms in total. The van der Waals surface area contributed by atoms with E-state index in [0.29, 0.717) is 45.6 Å². The van der Waals surface area contributed by atoms with Crippen molar-refractivity contribution in [2.45, 2.75) is 0 Å². The van der Waals surface area contributed by atoms with E-state index in [1.807, 2.05) is 12.1 Å². The maximum Gasteiger partial charge on any atom is 0.255 e. The molecule has 0 spiro atoms. The van der Waals surface area contributed by atoms with Crippen molar-refractivity contribution < 1.29 is 9.59 Å². The molecular formula is C26H23Cl3N6O2. The average molecular weight is 558 g/mol. The summed E-state index contributed by atoms with van der Waals surface area (Å²) in [5.41, 5.74) is 3.53. The van der Waals surface area contributed by atoms with E-state index in [9.17, 15) is 9.59 Å². The maximum absolute atomic E-state index is 12.7. The van der Waals surface area contributed by atoms with Gasteiger partial charge in [0.25, 0.3) is 11.8 Å². The van der Waals surface area contributed by atoms with Gasteiger partial charge in [-0.15, -0.1) is 12.4 Å². The van der Waals surface area contributed by atoms with Gasteiger partial charge in [0.15, 0.2) is 0 Å². The van der Waals surface area contributed by atoms with Crippen molar-refractivity contribution in [2.75, 3.05) is 36.8 Å². The quantitative estimate of drug-likeness (QED) is 0.355. The summed E-state index contributed by atoms with van der Waals surface area (Å²) >= 11 is 12.8. The lowest BCUT2D eigenvalue weighted by Crippen LogP contribution is -2.20. The SMILES string of the molecule is Cl.O=C(Nc1ccc(C2=NCCN2)c(Cl)c1)c1ccc(C(=O)Nc2ccc(C3=NCCN3)c(Cl)c2)cc1. The third-order valence-electron chi connectivity index (χ3n) is 5.72. The number of rotatable bonds is 6. The number of anilines is 2. The summed E-state index contributed by atoms with van der Waals surface area (Å²) in [5.74, 6) is 0.885. The fourth-order valence-electron chi connectivity index (χ4n) is 3.91. The van der Waals surface area contributed by atoms with Gasteiger partial charge in [-0.05, 0) is 60.7 Å². The Kier molecular flexibility index (Phi) is 8.33. The number of benzene rings is 3. The largest absolute Gasteiger partial charge is 0.368 e. The van der Waals surface area contributed by atoms with Crippen LogP contribution in [0.2, 0.25) is 10.0 Å². The third kappa shape index (κ3) is 6.05. The van der Waals surface area contributed by atoms with Crippen LogP contribution in [-0.2, 0) is 0 Å². The van der Waals surface area contributed by atoms with Crippen LogP contribution in [0.1, 0.15) is 31.8 Å². The first-order valence-corrected chi connectivity index (χ1v) is 12.1. The van der Waals surface area contributed by atoms with Crippen LogP contribution in [0.15, 0.2) is 70.6 Å². The fourth-order valence-corrected chi connectivity index (χ4v) is 4.45. The summed E-state index contributed by atoms with van der Waals surface area (Å²) in [6.07, 6.45) is 0. The molecule has 37 heavy (non-hydrogen) atoms.